The Morgan fingerprint density at radius 3 is 2.63 bits per heavy atom. The van der Waals surface area contributed by atoms with Gasteiger partial charge in [-0.15, -0.1) is 0 Å². The molecule has 1 heterocycles. The van der Waals surface area contributed by atoms with Crippen molar-refractivity contribution in [1.82, 2.24) is 4.90 Å². The summed E-state index contributed by atoms with van der Waals surface area (Å²) in [4.78, 5) is 17.8. The van der Waals surface area contributed by atoms with E-state index < -0.39 is 0 Å². The monoisotopic (exact) mass is 508 g/mol. The van der Waals surface area contributed by atoms with E-state index in [1.807, 2.05) is 72.5 Å². The number of ether oxygens (including phenoxy) is 1. The highest BCUT2D eigenvalue weighted by Gasteiger charge is 2.32. The van der Waals surface area contributed by atoms with Gasteiger partial charge in [-0.05, 0) is 67.8 Å². The maximum absolute atomic E-state index is 13.5. The van der Waals surface area contributed by atoms with Crippen molar-refractivity contribution in [3.8, 4) is 0 Å². The summed E-state index contributed by atoms with van der Waals surface area (Å²) < 4.78 is 5.78. The predicted molar refractivity (Wildman–Crippen MR) is 145 cm³/mol. The molecule has 1 unspecified atom stereocenters. The van der Waals surface area contributed by atoms with Crippen molar-refractivity contribution < 1.29 is 9.53 Å². The van der Waals surface area contributed by atoms with Crippen LogP contribution in [0.25, 0.3) is 0 Å². The van der Waals surface area contributed by atoms with Crippen molar-refractivity contribution in [2.45, 2.75) is 32.7 Å². The van der Waals surface area contributed by atoms with Crippen LogP contribution in [0.4, 0.5) is 5.69 Å². The number of hydrogen-bond acceptors (Lipinski definition) is 3. The minimum atomic E-state index is 0.00198. The molecule has 0 radical (unpaired) electrons. The number of carbonyl (C=O) groups excluding carboxylic acids is 1. The second kappa shape index (κ2) is 11.7. The van der Waals surface area contributed by atoms with E-state index in [1.165, 1.54) is 0 Å². The molecule has 1 amide bonds. The highest BCUT2D eigenvalue weighted by Crippen LogP contribution is 2.35. The van der Waals surface area contributed by atoms with E-state index in [2.05, 4.69) is 24.0 Å². The largest absolute Gasteiger partial charge is 0.465 e. The van der Waals surface area contributed by atoms with Crippen LogP contribution in [-0.4, -0.2) is 30.4 Å². The number of allylic oxidation sites excluding steroid dienone is 6. The second-order valence-corrected chi connectivity index (χ2v) is 9.59. The molecule has 1 saturated heterocycles. The standard InChI is InChI=1S/C29H30Cl2N2O2/c1-3-17-35-28-8-6-4-5-7-23(28)19-29(34)32-15-16-33(26-14-13-25(31)18-21(26)2)27(20-32)22-9-11-24(30)12-10-22/h3-5,7-14,17-18,27H,6,15-16,19-20H2,1-2H3/b17-3+. The molecule has 2 aromatic carbocycles. The van der Waals surface area contributed by atoms with Crippen LogP contribution in [0.5, 0.6) is 0 Å². The highest BCUT2D eigenvalue weighted by molar-refractivity contribution is 6.31. The number of aryl methyl sites for hydroxylation is 1. The summed E-state index contributed by atoms with van der Waals surface area (Å²) in [5, 5.41) is 1.42. The summed E-state index contributed by atoms with van der Waals surface area (Å²) in [5.74, 6) is 0.832. The zero-order valence-electron chi connectivity index (χ0n) is 20.1. The summed E-state index contributed by atoms with van der Waals surface area (Å²) in [6.45, 7) is 5.92. The number of anilines is 1. The number of halogens is 2. The average molecular weight is 509 g/mol. The van der Waals surface area contributed by atoms with Gasteiger partial charge in [0.2, 0.25) is 5.91 Å². The van der Waals surface area contributed by atoms with Crippen molar-refractivity contribution in [3.63, 3.8) is 0 Å². The second-order valence-electron chi connectivity index (χ2n) is 8.72. The van der Waals surface area contributed by atoms with Crippen LogP contribution < -0.4 is 4.90 Å². The Kier molecular flexibility index (Phi) is 8.37. The van der Waals surface area contributed by atoms with E-state index >= 15 is 0 Å². The number of rotatable bonds is 6. The molecule has 182 valence electrons. The molecular weight excluding hydrogens is 479 g/mol. The topological polar surface area (TPSA) is 32.8 Å². The van der Waals surface area contributed by atoms with Crippen LogP contribution in [0.3, 0.4) is 0 Å². The average Bonchev–Trinajstić information content (AvgIpc) is 3.08. The molecule has 1 aliphatic carbocycles. The van der Waals surface area contributed by atoms with Gasteiger partial charge in [0.25, 0.3) is 0 Å². The molecule has 35 heavy (non-hydrogen) atoms. The lowest BCUT2D eigenvalue weighted by Crippen LogP contribution is -2.50. The summed E-state index contributed by atoms with van der Waals surface area (Å²) in [7, 11) is 0. The molecule has 2 aromatic rings. The molecule has 2 aliphatic rings. The lowest BCUT2D eigenvalue weighted by Gasteiger charge is -2.44. The maximum atomic E-state index is 13.5. The molecule has 1 fully saturated rings. The molecule has 1 atom stereocenters. The first kappa shape index (κ1) is 25.2. The van der Waals surface area contributed by atoms with Crippen LogP contribution in [0.1, 0.15) is 36.9 Å². The normalized spacial score (nSPS) is 18.3. The third-order valence-corrected chi connectivity index (χ3v) is 6.81. The fraction of sp³-hybridized carbons (Fsp3) is 0.276. The Balaban J connectivity index is 1.57. The van der Waals surface area contributed by atoms with E-state index in [9.17, 15) is 4.79 Å². The van der Waals surface area contributed by atoms with E-state index in [0.717, 1.165) is 46.1 Å². The Labute approximate surface area is 217 Å². The van der Waals surface area contributed by atoms with Crippen LogP contribution >= 0.6 is 23.2 Å². The molecule has 1 aliphatic heterocycles. The number of benzene rings is 2. The summed E-state index contributed by atoms with van der Waals surface area (Å²) in [6, 6.07) is 13.9. The lowest BCUT2D eigenvalue weighted by molar-refractivity contribution is -0.131. The number of nitrogens with zero attached hydrogens (tertiary/aromatic N) is 2. The summed E-state index contributed by atoms with van der Waals surface area (Å²) in [6.07, 6.45) is 12.6. The van der Waals surface area contributed by atoms with Crippen LogP contribution in [0.15, 0.2) is 90.4 Å². The Morgan fingerprint density at radius 2 is 1.89 bits per heavy atom. The number of piperazine rings is 1. The summed E-state index contributed by atoms with van der Waals surface area (Å²) >= 11 is 12.4. The van der Waals surface area contributed by atoms with E-state index in [0.29, 0.717) is 24.5 Å². The van der Waals surface area contributed by atoms with Gasteiger partial charge in [0.15, 0.2) is 0 Å². The molecule has 4 nitrogen and oxygen atoms in total. The van der Waals surface area contributed by atoms with Crippen molar-refractivity contribution in [2.24, 2.45) is 0 Å². The maximum Gasteiger partial charge on any atom is 0.227 e. The fourth-order valence-electron chi connectivity index (χ4n) is 4.55. The molecule has 0 bridgehead atoms. The Bertz CT molecular complexity index is 1180. The molecular formula is C29H30Cl2N2O2. The van der Waals surface area contributed by atoms with Crippen LogP contribution in [-0.2, 0) is 9.53 Å². The van der Waals surface area contributed by atoms with Crippen LogP contribution in [0, 0.1) is 6.92 Å². The number of amides is 1. The van der Waals surface area contributed by atoms with E-state index in [4.69, 9.17) is 27.9 Å². The SMILES string of the molecule is C/C=C/OC1=CCC=CC=C1CC(=O)N1CCN(c2ccc(Cl)cc2C)C(c2ccc(Cl)cc2)C1. The van der Waals surface area contributed by atoms with Crippen LogP contribution in [0.2, 0.25) is 10.0 Å². The van der Waals surface area contributed by atoms with Gasteiger partial charge in [0.1, 0.15) is 5.76 Å². The van der Waals surface area contributed by atoms with Crippen molar-refractivity contribution in [1.29, 1.82) is 0 Å². The molecule has 6 heteroatoms. The van der Waals surface area contributed by atoms with E-state index in [1.54, 1.807) is 6.26 Å². The predicted octanol–water partition coefficient (Wildman–Crippen LogP) is 7.40. The third kappa shape index (κ3) is 6.19. The minimum Gasteiger partial charge on any atom is -0.465 e. The third-order valence-electron chi connectivity index (χ3n) is 6.32. The van der Waals surface area contributed by atoms with Crippen molar-refractivity contribution in [2.75, 3.05) is 24.5 Å². The fourth-order valence-corrected chi connectivity index (χ4v) is 4.90. The quantitative estimate of drug-likeness (QED) is 0.381. The molecule has 0 saturated carbocycles. The van der Waals surface area contributed by atoms with Gasteiger partial charge in [-0.1, -0.05) is 59.6 Å². The first-order chi connectivity index (χ1) is 17.0. The van der Waals surface area contributed by atoms with Gasteiger partial charge in [-0.25, -0.2) is 0 Å². The highest BCUT2D eigenvalue weighted by atomic mass is 35.5. The van der Waals surface area contributed by atoms with Gasteiger partial charge < -0.3 is 14.5 Å². The first-order valence-electron chi connectivity index (χ1n) is 11.9. The Morgan fingerprint density at radius 1 is 1.11 bits per heavy atom. The smallest absolute Gasteiger partial charge is 0.227 e. The molecule has 0 aromatic heterocycles. The summed E-state index contributed by atoms with van der Waals surface area (Å²) in [5.41, 5.74) is 4.25. The zero-order chi connectivity index (χ0) is 24.8. The van der Waals surface area contributed by atoms with Crippen molar-refractivity contribution in [3.05, 3.63) is 112 Å². The van der Waals surface area contributed by atoms with Crippen molar-refractivity contribution >= 4 is 34.8 Å². The van der Waals surface area contributed by atoms with Gasteiger partial charge in [-0.2, -0.15) is 0 Å². The van der Waals surface area contributed by atoms with Gasteiger partial charge in [0, 0.05) is 40.9 Å². The zero-order valence-corrected chi connectivity index (χ0v) is 21.6. The first-order valence-corrected chi connectivity index (χ1v) is 12.6. The van der Waals surface area contributed by atoms with Gasteiger partial charge in [-0.3, -0.25) is 4.79 Å². The number of hydrogen-bond donors (Lipinski definition) is 0. The molecule has 0 N–H and O–H groups in total. The molecule has 0 spiro atoms. The molecule has 4 rings (SSSR count). The van der Waals surface area contributed by atoms with E-state index in [-0.39, 0.29) is 11.9 Å². The number of carbonyl (C=O) groups is 1. The van der Waals surface area contributed by atoms with Gasteiger partial charge >= 0.3 is 0 Å². The Hall–Kier alpha value is -2.95. The van der Waals surface area contributed by atoms with Gasteiger partial charge in [0.05, 0.1) is 18.7 Å². The lowest BCUT2D eigenvalue weighted by atomic mass is 9.99. The minimum absolute atomic E-state index is 0.00198.